The topological polar surface area (TPSA) is 84.5 Å². The summed E-state index contributed by atoms with van der Waals surface area (Å²) in [7, 11) is 1.33. The van der Waals surface area contributed by atoms with Crippen molar-refractivity contribution in [2.24, 2.45) is 0 Å². The zero-order valence-corrected chi connectivity index (χ0v) is 11.0. The number of aryl methyl sites for hydroxylation is 1. The summed E-state index contributed by atoms with van der Waals surface area (Å²) in [6, 6.07) is 0.832. The highest BCUT2D eigenvalue weighted by Crippen LogP contribution is 2.16. The standard InChI is InChI=1S/C12H17N3O4/c1-3-9-13-10(6-11(16)14-9)15-4-5-19-7-8(15)12(17)18-2/h6,8H,3-5,7H2,1-2H3,(H,13,14,16). The Morgan fingerprint density at radius 3 is 3.16 bits per heavy atom. The fraction of sp³-hybridized carbons (Fsp3) is 0.583. The van der Waals surface area contributed by atoms with E-state index >= 15 is 0 Å². The van der Waals surface area contributed by atoms with Gasteiger partial charge < -0.3 is 19.4 Å². The highest BCUT2D eigenvalue weighted by Gasteiger charge is 2.31. The van der Waals surface area contributed by atoms with Crippen LogP contribution in [0, 0.1) is 0 Å². The molecule has 7 nitrogen and oxygen atoms in total. The number of nitrogens with zero attached hydrogens (tertiary/aromatic N) is 2. The van der Waals surface area contributed by atoms with Crippen molar-refractivity contribution in [3.05, 3.63) is 22.2 Å². The van der Waals surface area contributed by atoms with Crippen LogP contribution < -0.4 is 10.5 Å². The molecule has 1 saturated heterocycles. The monoisotopic (exact) mass is 267 g/mol. The van der Waals surface area contributed by atoms with Gasteiger partial charge >= 0.3 is 5.97 Å². The van der Waals surface area contributed by atoms with Crippen molar-refractivity contribution >= 4 is 11.8 Å². The van der Waals surface area contributed by atoms with Crippen molar-refractivity contribution < 1.29 is 14.3 Å². The van der Waals surface area contributed by atoms with Gasteiger partial charge in [0.05, 0.1) is 20.3 Å². The van der Waals surface area contributed by atoms with Gasteiger partial charge in [-0.3, -0.25) is 4.79 Å². The molecular weight excluding hydrogens is 250 g/mol. The smallest absolute Gasteiger partial charge is 0.330 e. The number of methoxy groups -OCH3 is 1. The van der Waals surface area contributed by atoms with Crippen LogP contribution in [0.3, 0.4) is 0 Å². The Hall–Kier alpha value is -1.89. The molecule has 0 spiro atoms. The second-order valence-electron chi connectivity index (χ2n) is 4.21. The Morgan fingerprint density at radius 1 is 1.68 bits per heavy atom. The van der Waals surface area contributed by atoms with Crippen LogP contribution in [0.2, 0.25) is 0 Å². The molecular formula is C12H17N3O4. The number of carbonyl (C=O) groups excluding carboxylic acids is 1. The molecule has 19 heavy (non-hydrogen) atoms. The zero-order chi connectivity index (χ0) is 13.8. The van der Waals surface area contributed by atoms with Crippen LogP contribution in [-0.2, 0) is 20.7 Å². The van der Waals surface area contributed by atoms with E-state index in [0.717, 1.165) is 0 Å². The predicted octanol–water partition coefficient (Wildman–Crippen LogP) is -0.289. The minimum atomic E-state index is -0.558. The average molecular weight is 267 g/mol. The first-order chi connectivity index (χ1) is 9.15. The summed E-state index contributed by atoms with van der Waals surface area (Å²) in [4.78, 5) is 32.1. The van der Waals surface area contributed by atoms with Crippen LogP contribution >= 0.6 is 0 Å². The Bertz CT molecular complexity index is 514. The van der Waals surface area contributed by atoms with Crippen LogP contribution in [0.4, 0.5) is 5.82 Å². The van der Waals surface area contributed by atoms with Gasteiger partial charge in [0.15, 0.2) is 6.04 Å². The molecule has 0 amide bonds. The van der Waals surface area contributed by atoms with E-state index < -0.39 is 6.04 Å². The van der Waals surface area contributed by atoms with Gasteiger partial charge in [-0.25, -0.2) is 9.78 Å². The van der Waals surface area contributed by atoms with Gasteiger partial charge in [0.25, 0.3) is 5.56 Å². The van der Waals surface area contributed by atoms with E-state index in [0.29, 0.717) is 31.2 Å². The quantitative estimate of drug-likeness (QED) is 0.758. The normalized spacial score (nSPS) is 19.3. The van der Waals surface area contributed by atoms with Gasteiger partial charge in [-0.15, -0.1) is 0 Å². The molecule has 104 valence electrons. The summed E-state index contributed by atoms with van der Waals surface area (Å²) < 4.78 is 10.0. The Morgan fingerprint density at radius 2 is 2.47 bits per heavy atom. The number of aromatic nitrogens is 2. The highest BCUT2D eigenvalue weighted by molar-refractivity contribution is 5.80. The maximum Gasteiger partial charge on any atom is 0.330 e. The van der Waals surface area contributed by atoms with E-state index in [9.17, 15) is 9.59 Å². The number of nitrogens with one attached hydrogen (secondary N) is 1. The Balaban J connectivity index is 2.34. The molecule has 0 aliphatic carbocycles. The van der Waals surface area contributed by atoms with Crippen LogP contribution in [0.1, 0.15) is 12.7 Å². The van der Waals surface area contributed by atoms with Crippen LogP contribution in [-0.4, -0.2) is 48.8 Å². The van der Waals surface area contributed by atoms with Crippen molar-refractivity contribution in [3.63, 3.8) is 0 Å². The number of hydrogen-bond donors (Lipinski definition) is 1. The second-order valence-corrected chi connectivity index (χ2v) is 4.21. The minimum absolute atomic E-state index is 0.225. The molecule has 0 bridgehead atoms. The van der Waals surface area contributed by atoms with Gasteiger partial charge in [-0.1, -0.05) is 6.92 Å². The number of H-pyrrole nitrogens is 1. The van der Waals surface area contributed by atoms with Crippen molar-refractivity contribution in [2.45, 2.75) is 19.4 Å². The highest BCUT2D eigenvalue weighted by atomic mass is 16.5. The number of morpholine rings is 1. The number of carbonyl (C=O) groups is 1. The molecule has 2 heterocycles. The molecule has 2 rings (SSSR count). The van der Waals surface area contributed by atoms with Crippen LogP contribution in [0.25, 0.3) is 0 Å². The number of esters is 1. The van der Waals surface area contributed by atoms with Gasteiger partial charge in [0, 0.05) is 19.0 Å². The molecule has 1 fully saturated rings. The summed E-state index contributed by atoms with van der Waals surface area (Å²) in [5, 5.41) is 0. The summed E-state index contributed by atoms with van der Waals surface area (Å²) in [5.74, 6) is 0.691. The molecule has 1 aliphatic heterocycles. The summed E-state index contributed by atoms with van der Waals surface area (Å²) in [6.45, 7) is 3.13. The third kappa shape index (κ3) is 2.93. The largest absolute Gasteiger partial charge is 0.467 e. The van der Waals surface area contributed by atoms with E-state index in [1.165, 1.54) is 13.2 Å². The van der Waals surface area contributed by atoms with Crippen molar-refractivity contribution in [1.29, 1.82) is 0 Å². The molecule has 1 N–H and O–H groups in total. The Labute approximate surface area is 110 Å². The lowest BCUT2D eigenvalue weighted by Gasteiger charge is -2.34. The second kappa shape index (κ2) is 5.83. The van der Waals surface area contributed by atoms with E-state index in [-0.39, 0.29) is 18.1 Å². The molecule has 1 unspecified atom stereocenters. The molecule has 1 atom stereocenters. The number of aromatic amines is 1. The van der Waals surface area contributed by atoms with Crippen molar-refractivity contribution in [2.75, 3.05) is 31.8 Å². The fourth-order valence-corrected chi connectivity index (χ4v) is 2.02. The molecule has 1 aromatic heterocycles. The SMILES string of the molecule is CCc1nc(N2CCOCC2C(=O)OC)cc(=O)[nH]1. The molecule has 0 radical (unpaired) electrons. The van der Waals surface area contributed by atoms with E-state index in [4.69, 9.17) is 9.47 Å². The van der Waals surface area contributed by atoms with Crippen molar-refractivity contribution in [3.8, 4) is 0 Å². The zero-order valence-electron chi connectivity index (χ0n) is 11.0. The molecule has 0 saturated carbocycles. The maximum absolute atomic E-state index is 11.7. The summed E-state index contributed by atoms with van der Waals surface area (Å²) >= 11 is 0. The first-order valence-electron chi connectivity index (χ1n) is 6.18. The first kappa shape index (κ1) is 13.5. The van der Waals surface area contributed by atoms with Crippen LogP contribution in [0.5, 0.6) is 0 Å². The fourth-order valence-electron chi connectivity index (χ4n) is 2.02. The lowest BCUT2D eigenvalue weighted by Crippen LogP contribution is -2.51. The lowest BCUT2D eigenvalue weighted by atomic mass is 10.2. The van der Waals surface area contributed by atoms with Gasteiger partial charge in [0.1, 0.15) is 11.6 Å². The van der Waals surface area contributed by atoms with E-state index in [1.807, 2.05) is 6.92 Å². The molecule has 1 aliphatic rings. The number of rotatable bonds is 3. The number of anilines is 1. The Kier molecular flexibility index (Phi) is 4.16. The van der Waals surface area contributed by atoms with Gasteiger partial charge in [-0.2, -0.15) is 0 Å². The van der Waals surface area contributed by atoms with E-state index in [2.05, 4.69) is 9.97 Å². The summed E-state index contributed by atoms with van der Waals surface area (Å²) in [6.07, 6.45) is 0.621. The number of ether oxygens (including phenoxy) is 2. The van der Waals surface area contributed by atoms with E-state index in [1.54, 1.807) is 4.90 Å². The third-order valence-corrected chi connectivity index (χ3v) is 3.01. The minimum Gasteiger partial charge on any atom is -0.467 e. The predicted molar refractivity (Wildman–Crippen MR) is 68.2 cm³/mol. The lowest BCUT2D eigenvalue weighted by molar-refractivity contribution is -0.144. The third-order valence-electron chi connectivity index (χ3n) is 3.01. The maximum atomic E-state index is 11.7. The molecule has 7 heteroatoms. The average Bonchev–Trinajstić information content (AvgIpc) is 2.45. The number of hydrogen-bond acceptors (Lipinski definition) is 6. The molecule has 1 aromatic rings. The van der Waals surface area contributed by atoms with Gasteiger partial charge in [0.2, 0.25) is 0 Å². The first-order valence-corrected chi connectivity index (χ1v) is 6.18. The van der Waals surface area contributed by atoms with Crippen molar-refractivity contribution in [1.82, 2.24) is 9.97 Å². The molecule has 0 aromatic carbocycles. The van der Waals surface area contributed by atoms with Crippen LogP contribution in [0.15, 0.2) is 10.9 Å². The van der Waals surface area contributed by atoms with Gasteiger partial charge in [-0.05, 0) is 0 Å². The summed E-state index contributed by atoms with van der Waals surface area (Å²) in [5.41, 5.74) is -0.225.